The van der Waals surface area contributed by atoms with Crippen LogP contribution in [0.2, 0.25) is 0 Å². The van der Waals surface area contributed by atoms with Crippen LogP contribution in [0, 0.1) is 11.3 Å². The van der Waals surface area contributed by atoms with E-state index in [0.717, 1.165) is 31.5 Å². The minimum absolute atomic E-state index is 0.0489. The summed E-state index contributed by atoms with van der Waals surface area (Å²) in [5.41, 5.74) is 8.18. The monoisotopic (exact) mass is 347 g/mol. The quantitative estimate of drug-likeness (QED) is 0.764. The molecule has 1 saturated heterocycles. The topological polar surface area (TPSA) is 118 Å². The van der Waals surface area contributed by atoms with Crippen LogP contribution in [-0.2, 0) is 6.54 Å². The van der Waals surface area contributed by atoms with E-state index in [0.29, 0.717) is 28.7 Å². The second kappa shape index (κ2) is 6.90. The van der Waals surface area contributed by atoms with E-state index in [1.54, 1.807) is 6.20 Å². The number of likely N-dealkylation sites (tertiary alicyclic amines) is 1. The summed E-state index contributed by atoms with van der Waals surface area (Å²) >= 11 is 0. The molecule has 0 spiro atoms. The van der Waals surface area contributed by atoms with Gasteiger partial charge < -0.3 is 10.3 Å². The Bertz CT molecular complexity index is 962. The van der Waals surface area contributed by atoms with Crippen LogP contribution < -0.4 is 5.73 Å². The van der Waals surface area contributed by atoms with Crippen LogP contribution in [-0.4, -0.2) is 31.6 Å². The molecule has 1 aliphatic heterocycles. The molecule has 0 amide bonds. The molecule has 26 heavy (non-hydrogen) atoms. The molecule has 0 bridgehead atoms. The third-order valence-corrected chi connectivity index (χ3v) is 4.52. The van der Waals surface area contributed by atoms with Gasteiger partial charge in [-0.05, 0) is 37.1 Å². The van der Waals surface area contributed by atoms with E-state index in [2.05, 4.69) is 31.1 Å². The fourth-order valence-electron chi connectivity index (χ4n) is 3.26. The second-order valence-corrected chi connectivity index (χ2v) is 6.22. The number of aromatic nitrogens is 4. The average molecular weight is 347 g/mol. The number of hydrogen-bond acceptors (Lipinski definition) is 8. The van der Waals surface area contributed by atoms with Gasteiger partial charge in [0.15, 0.2) is 0 Å². The number of nitrogens with two attached hydrogens (primary N) is 1. The van der Waals surface area contributed by atoms with Crippen LogP contribution in [0.25, 0.3) is 11.4 Å². The maximum absolute atomic E-state index is 9.07. The maximum Gasteiger partial charge on any atom is 0.244 e. The number of nitriles is 1. The zero-order chi connectivity index (χ0) is 17.9. The number of rotatable bonds is 4. The lowest BCUT2D eigenvalue weighted by Gasteiger charge is -2.21. The van der Waals surface area contributed by atoms with Crippen molar-refractivity contribution >= 4 is 5.82 Å². The highest BCUT2D eigenvalue weighted by atomic mass is 16.5. The lowest BCUT2D eigenvalue weighted by atomic mass is 10.1. The van der Waals surface area contributed by atoms with E-state index in [1.165, 1.54) is 6.33 Å². The molecule has 8 heteroatoms. The van der Waals surface area contributed by atoms with Crippen LogP contribution in [0.4, 0.5) is 5.82 Å². The second-order valence-electron chi connectivity index (χ2n) is 6.22. The molecular formula is C18H17N7O. The molecule has 130 valence electrons. The fourth-order valence-corrected chi connectivity index (χ4v) is 3.26. The van der Waals surface area contributed by atoms with Gasteiger partial charge in [0.2, 0.25) is 11.7 Å². The fraction of sp³-hybridized carbons (Fsp3) is 0.278. The third kappa shape index (κ3) is 3.12. The van der Waals surface area contributed by atoms with E-state index in [9.17, 15) is 0 Å². The van der Waals surface area contributed by atoms with Gasteiger partial charge in [-0.25, -0.2) is 9.97 Å². The average Bonchev–Trinajstić information content (AvgIpc) is 3.31. The first-order chi connectivity index (χ1) is 12.7. The summed E-state index contributed by atoms with van der Waals surface area (Å²) in [7, 11) is 0. The molecule has 1 unspecified atom stereocenters. The molecule has 1 atom stereocenters. The molecule has 0 radical (unpaired) electrons. The minimum atomic E-state index is 0.0489. The standard InChI is InChI=1S/C18H17N7O/c19-8-12-3-1-4-13(7-12)10-25-6-2-5-15(25)18-23-17(24-26-18)14-9-21-11-22-16(14)20/h1,3-4,7,9,11,15H,2,5-6,10H2,(H2,20,21,22). The largest absolute Gasteiger partial charge is 0.383 e. The van der Waals surface area contributed by atoms with E-state index in [4.69, 9.17) is 15.5 Å². The highest BCUT2D eigenvalue weighted by Crippen LogP contribution is 2.33. The predicted molar refractivity (Wildman–Crippen MR) is 93.3 cm³/mol. The van der Waals surface area contributed by atoms with Crippen molar-refractivity contribution in [3.05, 3.63) is 53.8 Å². The summed E-state index contributed by atoms with van der Waals surface area (Å²) in [4.78, 5) is 14.7. The highest BCUT2D eigenvalue weighted by molar-refractivity contribution is 5.66. The van der Waals surface area contributed by atoms with Gasteiger partial charge in [0, 0.05) is 12.7 Å². The van der Waals surface area contributed by atoms with Gasteiger partial charge in [-0.3, -0.25) is 4.90 Å². The number of nitrogens with zero attached hydrogens (tertiary/aromatic N) is 6. The Morgan fingerprint density at radius 2 is 2.31 bits per heavy atom. The van der Waals surface area contributed by atoms with Crippen molar-refractivity contribution in [1.29, 1.82) is 5.26 Å². The van der Waals surface area contributed by atoms with Crippen molar-refractivity contribution in [2.24, 2.45) is 0 Å². The molecule has 1 fully saturated rings. The van der Waals surface area contributed by atoms with Crippen LogP contribution >= 0.6 is 0 Å². The molecular weight excluding hydrogens is 330 g/mol. The minimum Gasteiger partial charge on any atom is -0.383 e. The molecule has 4 rings (SSSR count). The smallest absolute Gasteiger partial charge is 0.244 e. The van der Waals surface area contributed by atoms with Crippen molar-refractivity contribution in [3.63, 3.8) is 0 Å². The van der Waals surface area contributed by atoms with Gasteiger partial charge in [-0.15, -0.1) is 0 Å². The van der Waals surface area contributed by atoms with Crippen molar-refractivity contribution in [2.75, 3.05) is 12.3 Å². The summed E-state index contributed by atoms with van der Waals surface area (Å²) < 4.78 is 5.50. The molecule has 2 N–H and O–H groups in total. The van der Waals surface area contributed by atoms with Gasteiger partial charge in [-0.2, -0.15) is 10.2 Å². The zero-order valence-electron chi connectivity index (χ0n) is 14.0. The number of hydrogen-bond donors (Lipinski definition) is 1. The first kappa shape index (κ1) is 16.2. The van der Waals surface area contributed by atoms with Crippen molar-refractivity contribution in [2.45, 2.75) is 25.4 Å². The molecule has 3 heterocycles. The Morgan fingerprint density at radius 3 is 3.15 bits per heavy atom. The maximum atomic E-state index is 9.07. The first-order valence-corrected chi connectivity index (χ1v) is 8.37. The number of benzene rings is 1. The van der Waals surface area contributed by atoms with E-state index < -0.39 is 0 Å². The van der Waals surface area contributed by atoms with Crippen LogP contribution in [0.1, 0.15) is 35.9 Å². The molecule has 1 aliphatic rings. The van der Waals surface area contributed by atoms with Gasteiger partial charge in [0.25, 0.3) is 0 Å². The highest BCUT2D eigenvalue weighted by Gasteiger charge is 2.31. The summed E-state index contributed by atoms with van der Waals surface area (Å²) in [5, 5.41) is 13.1. The summed E-state index contributed by atoms with van der Waals surface area (Å²) in [6.07, 6.45) is 4.96. The normalized spacial score (nSPS) is 17.3. The van der Waals surface area contributed by atoms with Gasteiger partial charge in [-0.1, -0.05) is 17.3 Å². The number of anilines is 1. The molecule has 8 nitrogen and oxygen atoms in total. The van der Waals surface area contributed by atoms with Crippen LogP contribution in [0.15, 0.2) is 41.3 Å². The van der Waals surface area contributed by atoms with Gasteiger partial charge in [0.05, 0.1) is 23.2 Å². The summed E-state index contributed by atoms with van der Waals surface area (Å²) in [5.74, 6) is 1.29. The predicted octanol–water partition coefficient (Wildman–Crippen LogP) is 2.32. The molecule has 3 aromatic rings. The van der Waals surface area contributed by atoms with Gasteiger partial charge >= 0.3 is 0 Å². The first-order valence-electron chi connectivity index (χ1n) is 8.37. The molecule has 0 saturated carbocycles. The Kier molecular flexibility index (Phi) is 4.29. The molecule has 1 aromatic carbocycles. The van der Waals surface area contributed by atoms with Crippen molar-refractivity contribution in [3.8, 4) is 17.5 Å². The summed E-state index contributed by atoms with van der Waals surface area (Å²) in [6.45, 7) is 1.67. The molecule has 2 aromatic heterocycles. The number of nitrogen functional groups attached to an aromatic ring is 1. The Balaban J connectivity index is 1.55. The molecule has 0 aliphatic carbocycles. The van der Waals surface area contributed by atoms with Crippen LogP contribution in [0.3, 0.4) is 0 Å². The lowest BCUT2D eigenvalue weighted by molar-refractivity contribution is 0.201. The van der Waals surface area contributed by atoms with Crippen molar-refractivity contribution < 1.29 is 4.52 Å². The van der Waals surface area contributed by atoms with E-state index in [1.807, 2.05) is 24.3 Å². The SMILES string of the molecule is N#Cc1cccc(CN2CCCC2c2nc(-c3cncnc3N)no2)c1. The third-order valence-electron chi connectivity index (χ3n) is 4.52. The zero-order valence-corrected chi connectivity index (χ0v) is 14.0. The Morgan fingerprint density at radius 1 is 1.38 bits per heavy atom. The van der Waals surface area contributed by atoms with Gasteiger partial charge in [0.1, 0.15) is 12.1 Å². The lowest BCUT2D eigenvalue weighted by Crippen LogP contribution is -2.23. The van der Waals surface area contributed by atoms with Crippen molar-refractivity contribution in [1.82, 2.24) is 25.0 Å². The Hall–Kier alpha value is -3.31. The summed E-state index contributed by atoms with van der Waals surface area (Å²) in [6, 6.07) is 9.88. The van der Waals surface area contributed by atoms with E-state index >= 15 is 0 Å². The Labute approximate surface area is 150 Å². The van der Waals surface area contributed by atoms with E-state index in [-0.39, 0.29) is 6.04 Å². The van der Waals surface area contributed by atoms with Crippen LogP contribution in [0.5, 0.6) is 0 Å².